The predicted molar refractivity (Wildman–Crippen MR) is 77.1 cm³/mol. The van der Waals surface area contributed by atoms with Gasteiger partial charge in [0.2, 0.25) is 0 Å². The zero-order valence-electron chi connectivity index (χ0n) is 11.2. The molecule has 0 aromatic heterocycles. The first kappa shape index (κ1) is 14.2. The Morgan fingerprint density at radius 3 is 2.55 bits per heavy atom. The van der Waals surface area contributed by atoms with Crippen molar-refractivity contribution in [3.63, 3.8) is 0 Å². The van der Waals surface area contributed by atoms with E-state index in [-0.39, 0.29) is 0 Å². The summed E-state index contributed by atoms with van der Waals surface area (Å²) in [5, 5.41) is 6.97. The molecule has 0 unspecified atom stereocenters. The smallest absolute Gasteiger partial charge is 0.355 e. The van der Waals surface area contributed by atoms with Crippen molar-refractivity contribution in [1.82, 2.24) is 16.5 Å². The molecule has 0 saturated carbocycles. The van der Waals surface area contributed by atoms with Crippen molar-refractivity contribution in [2.45, 2.75) is 6.18 Å². The zero-order valence-corrected chi connectivity index (χ0v) is 11.2. The van der Waals surface area contributed by atoms with Gasteiger partial charge in [0.1, 0.15) is 0 Å². The predicted octanol–water partition coefficient (Wildman–Crippen LogP) is 2.72. The highest BCUT2D eigenvalue weighted by molar-refractivity contribution is 6.04. The van der Waals surface area contributed by atoms with Gasteiger partial charge in [-0.3, -0.25) is 5.43 Å². The summed E-state index contributed by atoms with van der Waals surface area (Å²) < 4.78 is 38.3. The number of rotatable bonds is 3. The van der Waals surface area contributed by atoms with Crippen LogP contribution in [0.1, 0.15) is 11.1 Å². The maximum absolute atomic E-state index is 12.8. The Morgan fingerprint density at radius 2 is 1.82 bits per heavy atom. The van der Waals surface area contributed by atoms with Crippen LogP contribution in [0.3, 0.4) is 0 Å². The summed E-state index contributed by atoms with van der Waals surface area (Å²) in [6, 6.07) is 12.2. The number of alkyl halides is 3. The first-order chi connectivity index (χ1) is 10.5. The van der Waals surface area contributed by atoms with Crippen molar-refractivity contribution in [2.24, 2.45) is 5.10 Å². The maximum atomic E-state index is 12.8. The number of anilines is 2. The van der Waals surface area contributed by atoms with Gasteiger partial charge in [-0.2, -0.15) is 13.2 Å². The molecule has 4 N–H and O–H groups in total. The summed E-state index contributed by atoms with van der Waals surface area (Å²) in [4.78, 5) is 0. The molecule has 114 valence electrons. The summed E-state index contributed by atoms with van der Waals surface area (Å²) in [7, 11) is 0. The second-order valence-electron chi connectivity index (χ2n) is 4.57. The standard InChI is InChI=1S/C14H12F3N5/c15-14(16,17)9-4-3-5-10(8-9)18-12-7-2-1-6-11(12)13-19-21-22-20-13/h1-8,18,21-22H,(H,19,20). The lowest BCUT2D eigenvalue weighted by atomic mass is 10.1. The van der Waals surface area contributed by atoms with Crippen LogP contribution in [-0.4, -0.2) is 5.84 Å². The maximum Gasteiger partial charge on any atom is 0.416 e. The number of hydrazine groups is 2. The molecule has 1 heterocycles. The minimum absolute atomic E-state index is 0.349. The molecule has 5 nitrogen and oxygen atoms in total. The molecular weight excluding hydrogens is 295 g/mol. The summed E-state index contributed by atoms with van der Waals surface area (Å²) in [6.07, 6.45) is -4.37. The number of hydrogen-bond acceptors (Lipinski definition) is 5. The molecule has 0 aliphatic carbocycles. The number of nitrogens with one attached hydrogen (secondary N) is 4. The summed E-state index contributed by atoms with van der Waals surface area (Å²) in [6.45, 7) is 0. The van der Waals surface area contributed by atoms with Gasteiger partial charge in [-0.25, -0.2) is 5.53 Å². The number of hydrogen-bond donors (Lipinski definition) is 4. The van der Waals surface area contributed by atoms with Crippen LogP contribution in [0.25, 0.3) is 0 Å². The van der Waals surface area contributed by atoms with Crippen molar-refractivity contribution in [3.8, 4) is 0 Å². The molecule has 0 saturated heterocycles. The third-order valence-electron chi connectivity index (χ3n) is 3.06. The van der Waals surface area contributed by atoms with Gasteiger partial charge >= 0.3 is 6.18 Å². The molecule has 0 amide bonds. The van der Waals surface area contributed by atoms with Gasteiger partial charge in [0.25, 0.3) is 0 Å². The van der Waals surface area contributed by atoms with Crippen LogP contribution >= 0.6 is 0 Å². The number of benzene rings is 2. The van der Waals surface area contributed by atoms with Crippen molar-refractivity contribution in [2.75, 3.05) is 5.32 Å². The van der Waals surface area contributed by atoms with Gasteiger partial charge in [0, 0.05) is 16.9 Å². The quantitative estimate of drug-likeness (QED) is 0.704. The van der Waals surface area contributed by atoms with E-state index in [0.717, 1.165) is 17.7 Å². The van der Waals surface area contributed by atoms with Crippen LogP contribution in [-0.2, 0) is 6.18 Å². The van der Waals surface area contributed by atoms with E-state index in [9.17, 15) is 13.2 Å². The summed E-state index contributed by atoms with van der Waals surface area (Å²) >= 11 is 0. The average Bonchev–Trinajstić information content (AvgIpc) is 3.01. The van der Waals surface area contributed by atoms with E-state index in [4.69, 9.17) is 0 Å². The highest BCUT2D eigenvalue weighted by Crippen LogP contribution is 2.31. The molecule has 3 rings (SSSR count). The highest BCUT2D eigenvalue weighted by Gasteiger charge is 2.30. The fourth-order valence-electron chi connectivity index (χ4n) is 2.05. The second-order valence-corrected chi connectivity index (χ2v) is 4.57. The van der Waals surface area contributed by atoms with E-state index in [1.807, 2.05) is 6.07 Å². The SMILES string of the molecule is FC(F)(F)c1cccc(Nc2ccccc2C2=NNNN2)c1. The van der Waals surface area contributed by atoms with Gasteiger partial charge in [0.15, 0.2) is 5.84 Å². The van der Waals surface area contributed by atoms with Gasteiger partial charge < -0.3 is 5.32 Å². The topological polar surface area (TPSA) is 60.5 Å². The summed E-state index contributed by atoms with van der Waals surface area (Å²) in [5.41, 5.74) is 8.96. The van der Waals surface area contributed by atoms with Crippen molar-refractivity contribution in [3.05, 3.63) is 59.7 Å². The molecule has 0 fully saturated rings. The third-order valence-corrected chi connectivity index (χ3v) is 3.06. The van der Waals surface area contributed by atoms with Crippen molar-refractivity contribution >= 4 is 17.2 Å². The Balaban J connectivity index is 1.91. The monoisotopic (exact) mass is 307 g/mol. The highest BCUT2D eigenvalue weighted by atomic mass is 19.4. The number of hydrazone groups is 1. The second kappa shape index (κ2) is 5.57. The molecular formula is C14H12F3N5. The minimum Gasteiger partial charge on any atom is -0.355 e. The van der Waals surface area contributed by atoms with E-state index < -0.39 is 11.7 Å². The van der Waals surface area contributed by atoms with Crippen LogP contribution in [0.5, 0.6) is 0 Å². The van der Waals surface area contributed by atoms with Crippen molar-refractivity contribution < 1.29 is 13.2 Å². The van der Waals surface area contributed by atoms with E-state index in [1.54, 1.807) is 24.3 Å². The Kier molecular flexibility index (Phi) is 3.60. The van der Waals surface area contributed by atoms with E-state index in [0.29, 0.717) is 17.2 Å². The van der Waals surface area contributed by atoms with Crippen molar-refractivity contribution in [1.29, 1.82) is 0 Å². The fourth-order valence-corrected chi connectivity index (χ4v) is 2.05. The number of nitrogens with zero attached hydrogens (tertiary/aromatic N) is 1. The van der Waals surface area contributed by atoms with E-state index in [1.165, 1.54) is 6.07 Å². The zero-order chi connectivity index (χ0) is 15.6. The molecule has 0 atom stereocenters. The van der Waals surface area contributed by atoms with Crippen LogP contribution in [0.2, 0.25) is 0 Å². The lowest BCUT2D eigenvalue weighted by Gasteiger charge is -2.13. The molecule has 1 aliphatic rings. The summed E-state index contributed by atoms with van der Waals surface area (Å²) in [5.74, 6) is 0.537. The Hall–Kier alpha value is -2.74. The Labute approximate surface area is 124 Å². The molecule has 22 heavy (non-hydrogen) atoms. The fraction of sp³-hybridized carbons (Fsp3) is 0.0714. The molecule has 0 spiro atoms. The minimum atomic E-state index is -4.37. The van der Waals surface area contributed by atoms with Crippen LogP contribution in [0.15, 0.2) is 53.6 Å². The van der Waals surface area contributed by atoms with Crippen LogP contribution < -0.4 is 21.8 Å². The first-order valence-corrected chi connectivity index (χ1v) is 6.41. The van der Waals surface area contributed by atoms with E-state index >= 15 is 0 Å². The number of para-hydroxylation sites is 1. The molecule has 2 aromatic rings. The number of halogens is 3. The van der Waals surface area contributed by atoms with E-state index in [2.05, 4.69) is 26.9 Å². The third kappa shape index (κ3) is 2.96. The lowest BCUT2D eigenvalue weighted by molar-refractivity contribution is -0.137. The normalized spacial score (nSPS) is 14.0. The van der Waals surface area contributed by atoms with Gasteiger partial charge in [-0.05, 0) is 30.3 Å². The van der Waals surface area contributed by atoms with Crippen LogP contribution in [0, 0.1) is 0 Å². The van der Waals surface area contributed by atoms with Crippen LogP contribution in [0.4, 0.5) is 24.5 Å². The molecule has 8 heteroatoms. The first-order valence-electron chi connectivity index (χ1n) is 6.41. The Bertz CT molecular complexity index is 712. The van der Waals surface area contributed by atoms with Gasteiger partial charge in [-0.15, -0.1) is 10.6 Å². The largest absolute Gasteiger partial charge is 0.416 e. The average molecular weight is 307 g/mol. The molecule has 0 bridgehead atoms. The molecule has 2 aromatic carbocycles. The molecule has 0 radical (unpaired) electrons. The Morgan fingerprint density at radius 1 is 1.00 bits per heavy atom. The van der Waals surface area contributed by atoms with Gasteiger partial charge in [-0.1, -0.05) is 18.2 Å². The van der Waals surface area contributed by atoms with Gasteiger partial charge in [0.05, 0.1) is 5.56 Å². The number of amidine groups is 1. The molecule has 1 aliphatic heterocycles. The lowest BCUT2D eigenvalue weighted by Crippen LogP contribution is -2.35.